The second kappa shape index (κ2) is 6.00. The Morgan fingerprint density at radius 1 is 1.29 bits per heavy atom. The smallest absolute Gasteiger partial charge is 0.321 e. The molecule has 0 heterocycles. The molecule has 1 aliphatic rings. The van der Waals surface area contributed by atoms with Crippen molar-refractivity contribution in [3.05, 3.63) is 0 Å². The molecule has 98 valence electrons. The van der Waals surface area contributed by atoms with E-state index in [-0.39, 0.29) is 11.9 Å². The molecule has 0 aromatic heterocycles. The first-order valence-corrected chi connectivity index (χ1v) is 6.35. The number of urea groups is 1. The zero-order valence-electron chi connectivity index (χ0n) is 10.9. The highest BCUT2D eigenvalue weighted by Crippen LogP contribution is 2.47. The molecule has 0 saturated heterocycles. The van der Waals surface area contributed by atoms with E-state index in [1.54, 1.807) is 6.92 Å². The topological polar surface area (TPSA) is 70.2 Å². The molecule has 5 nitrogen and oxygen atoms in total. The van der Waals surface area contributed by atoms with Crippen molar-refractivity contribution in [2.24, 2.45) is 5.41 Å². The van der Waals surface area contributed by atoms with Crippen molar-refractivity contribution in [3.63, 3.8) is 0 Å². The van der Waals surface area contributed by atoms with E-state index in [2.05, 4.69) is 22.9 Å². The Balaban J connectivity index is 2.24. The molecule has 1 rings (SSSR count). The summed E-state index contributed by atoms with van der Waals surface area (Å²) < 4.78 is 0. The molecule has 0 aromatic rings. The molecule has 1 fully saturated rings. The molecular formula is C12H23N3O2. The Labute approximate surface area is 103 Å². The molecule has 3 amide bonds. The maximum Gasteiger partial charge on any atom is 0.321 e. The first-order chi connectivity index (χ1) is 8.03. The summed E-state index contributed by atoms with van der Waals surface area (Å²) in [6.07, 6.45) is 3.62. The van der Waals surface area contributed by atoms with Gasteiger partial charge in [0.05, 0.1) is 6.04 Å². The number of imide groups is 1. The SMILES string of the molecule is CCNC(=O)NC(=O)C(C)NCC1(CC)CC1. The van der Waals surface area contributed by atoms with Crippen molar-refractivity contribution in [1.82, 2.24) is 16.0 Å². The fourth-order valence-corrected chi connectivity index (χ4v) is 1.72. The molecule has 17 heavy (non-hydrogen) atoms. The maximum atomic E-state index is 11.6. The summed E-state index contributed by atoms with van der Waals surface area (Å²) in [6, 6.07) is -0.760. The Morgan fingerprint density at radius 2 is 1.94 bits per heavy atom. The average molecular weight is 241 g/mol. The second-order valence-electron chi connectivity index (χ2n) is 4.80. The Morgan fingerprint density at radius 3 is 2.41 bits per heavy atom. The van der Waals surface area contributed by atoms with Gasteiger partial charge in [0.15, 0.2) is 0 Å². The first-order valence-electron chi connectivity index (χ1n) is 6.35. The third kappa shape index (κ3) is 4.34. The third-order valence-electron chi connectivity index (χ3n) is 3.46. The van der Waals surface area contributed by atoms with Crippen LogP contribution in [-0.2, 0) is 4.79 Å². The summed E-state index contributed by atoms with van der Waals surface area (Å²) >= 11 is 0. The summed E-state index contributed by atoms with van der Waals surface area (Å²) in [5.74, 6) is -0.275. The minimum Gasteiger partial charge on any atom is -0.338 e. The zero-order chi connectivity index (χ0) is 12.9. The van der Waals surface area contributed by atoms with Crippen LogP contribution in [0.5, 0.6) is 0 Å². The van der Waals surface area contributed by atoms with Crippen molar-refractivity contribution >= 4 is 11.9 Å². The van der Waals surface area contributed by atoms with Crippen LogP contribution in [0.3, 0.4) is 0 Å². The van der Waals surface area contributed by atoms with Crippen LogP contribution in [0.25, 0.3) is 0 Å². The van der Waals surface area contributed by atoms with Crippen molar-refractivity contribution < 1.29 is 9.59 Å². The van der Waals surface area contributed by atoms with Crippen molar-refractivity contribution in [1.29, 1.82) is 0 Å². The monoisotopic (exact) mass is 241 g/mol. The number of hydrogen-bond acceptors (Lipinski definition) is 3. The fraction of sp³-hybridized carbons (Fsp3) is 0.833. The van der Waals surface area contributed by atoms with E-state index >= 15 is 0 Å². The fourth-order valence-electron chi connectivity index (χ4n) is 1.72. The first kappa shape index (κ1) is 14.0. The predicted molar refractivity (Wildman–Crippen MR) is 66.6 cm³/mol. The van der Waals surface area contributed by atoms with Crippen LogP contribution in [0, 0.1) is 5.41 Å². The van der Waals surface area contributed by atoms with Crippen LogP contribution < -0.4 is 16.0 Å². The normalized spacial score (nSPS) is 18.3. The van der Waals surface area contributed by atoms with Gasteiger partial charge in [-0.15, -0.1) is 0 Å². The standard InChI is InChI=1S/C12H23N3O2/c1-4-12(6-7-12)8-14-9(3)10(16)15-11(17)13-5-2/h9,14H,4-8H2,1-3H3,(H2,13,15,16,17). The molecule has 0 aliphatic heterocycles. The molecule has 1 aliphatic carbocycles. The number of carbonyl (C=O) groups excluding carboxylic acids is 2. The average Bonchev–Trinajstić information content (AvgIpc) is 3.06. The van der Waals surface area contributed by atoms with Gasteiger partial charge in [-0.3, -0.25) is 10.1 Å². The van der Waals surface area contributed by atoms with Gasteiger partial charge in [-0.1, -0.05) is 6.92 Å². The van der Waals surface area contributed by atoms with E-state index in [4.69, 9.17) is 0 Å². The summed E-state index contributed by atoms with van der Waals surface area (Å²) in [5.41, 5.74) is 0.403. The second-order valence-corrected chi connectivity index (χ2v) is 4.80. The van der Waals surface area contributed by atoms with Crippen LogP contribution in [0.1, 0.15) is 40.0 Å². The van der Waals surface area contributed by atoms with Gasteiger partial charge in [0, 0.05) is 13.1 Å². The van der Waals surface area contributed by atoms with E-state index in [9.17, 15) is 9.59 Å². The molecule has 5 heteroatoms. The molecule has 1 saturated carbocycles. The van der Waals surface area contributed by atoms with Gasteiger partial charge in [0.2, 0.25) is 5.91 Å². The Hall–Kier alpha value is -1.10. The number of carbonyl (C=O) groups is 2. The maximum absolute atomic E-state index is 11.6. The minimum absolute atomic E-state index is 0.275. The lowest BCUT2D eigenvalue weighted by Gasteiger charge is -2.18. The molecule has 0 radical (unpaired) electrons. The van der Waals surface area contributed by atoms with E-state index in [1.165, 1.54) is 12.8 Å². The van der Waals surface area contributed by atoms with E-state index in [1.807, 2.05) is 6.92 Å². The highest BCUT2D eigenvalue weighted by atomic mass is 16.2. The third-order valence-corrected chi connectivity index (χ3v) is 3.46. The van der Waals surface area contributed by atoms with E-state index < -0.39 is 6.03 Å². The molecule has 0 bridgehead atoms. The molecule has 3 N–H and O–H groups in total. The van der Waals surface area contributed by atoms with Crippen LogP contribution >= 0.6 is 0 Å². The van der Waals surface area contributed by atoms with Crippen LogP contribution in [0.15, 0.2) is 0 Å². The van der Waals surface area contributed by atoms with Gasteiger partial charge in [-0.2, -0.15) is 0 Å². The number of rotatable bonds is 6. The lowest BCUT2D eigenvalue weighted by Crippen LogP contribution is -2.49. The molecule has 0 aromatic carbocycles. The predicted octanol–water partition coefficient (Wildman–Crippen LogP) is 1.00. The zero-order valence-corrected chi connectivity index (χ0v) is 10.9. The molecule has 0 spiro atoms. The highest BCUT2D eigenvalue weighted by Gasteiger charge is 2.40. The van der Waals surface area contributed by atoms with Crippen LogP contribution in [-0.4, -0.2) is 31.1 Å². The largest absolute Gasteiger partial charge is 0.338 e. The highest BCUT2D eigenvalue weighted by molar-refractivity contribution is 5.96. The lowest BCUT2D eigenvalue weighted by atomic mass is 10.0. The Kier molecular flexibility index (Phi) is 4.93. The molecular weight excluding hydrogens is 218 g/mol. The summed E-state index contributed by atoms with van der Waals surface area (Å²) in [4.78, 5) is 22.8. The van der Waals surface area contributed by atoms with E-state index in [0.29, 0.717) is 12.0 Å². The van der Waals surface area contributed by atoms with Gasteiger partial charge in [-0.05, 0) is 38.5 Å². The lowest BCUT2D eigenvalue weighted by molar-refractivity contribution is -0.121. The number of amides is 3. The van der Waals surface area contributed by atoms with Crippen LogP contribution in [0.2, 0.25) is 0 Å². The van der Waals surface area contributed by atoms with Gasteiger partial charge in [-0.25, -0.2) is 4.79 Å². The minimum atomic E-state index is -0.428. The molecule has 1 atom stereocenters. The Bertz CT molecular complexity index is 287. The summed E-state index contributed by atoms with van der Waals surface area (Å²) in [5, 5.41) is 8.02. The van der Waals surface area contributed by atoms with Gasteiger partial charge >= 0.3 is 6.03 Å². The quantitative estimate of drug-likeness (QED) is 0.649. The van der Waals surface area contributed by atoms with Gasteiger partial charge in [0.1, 0.15) is 0 Å². The van der Waals surface area contributed by atoms with Gasteiger partial charge in [0.25, 0.3) is 0 Å². The summed E-state index contributed by atoms with van der Waals surface area (Å²) in [7, 11) is 0. The molecule has 1 unspecified atom stereocenters. The number of nitrogens with one attached hydrogen (secondary N) is 3. The van der Waals surface area contributed by atoms with Gasteiger partial charge < -0.3 is 10.6 Å². The van der Waals surface area contributed by atoms with Crippen molar-refractivity contribution in [2.75, 3.05) is 13.1 Å². The van der Waals surface area contributed by atoms with Crippen LogP contribution in [0.4, 0.5) is 4.79 Å². The van der Waals surface area contributed by atoms with Crippen molar-refractivity contribution in [3.8, 4) is 0 Å². The summed E-state index contributed by atoms with van der Waals surface area (Å²) in [6.45, 7) is 7.13. The number of hydrogen-bond donors (Lipinski definition) is 3. The van der Waals surface area contributed by atoms with Crippen molar-refractivity contribution in [2.45, 2.75) is 46.1 Å². The van der Waals surface area contributed by atoms with E-state index in [0.717, 1.165) is 13.0 Å².